The van der Waals surface area contributed by atoms with Crippen LogP contribution < -0.4 is 10.1 Å². The lowest BCUT2D eigenvalue weighted by Crippen LogP contribution is -1.98. The van der Waals surface area contributed by atoms with Crippen LogP contribution in [-0.4, -0.2) is 17.1 Å². The van der Waals surface area contributed by atoms with E-state index in [1.165, 1.54) is 0 Å². The molecule has 0 aliphatic rings. The van der Waals surface area contributed by atoms with Crippen molar-refractivity contribution in [3.8, 4) is 16.9 Å². The van der Waals surface area contributed by atoms with Crippen molar-refractivity contribution >= 4 is 5.69 Å². The maximum Gasteiger partial charge on any atom is 0.137 e. The zero-order chi connectivity index (χ0) is 14.5. The Morgan fingerprint density at radius 3 is 2.67 bits per heavy atom. The fourth-order valence-corrected chi connectivity index (χ4v) is 1.98. The molecular weight excluding hydrogens is 266 g/mol. The van der Waals surface area contributed by atoms with Gasteiger partial charge in [0.25, 0.3) is 0 Å². The molecule has 0 amide bonds. The lowest BCUT2D eigenvalue weighted by atomic mass is 10.1. The van der Waals surface area contributed by atoms with Crippen LogP contribution in [0.3, 0.4) is 0 Å². The fraction of sp³-hybridized carbons (Fsp3) is 0.125. The van der Waals surface area contributed by atoms with Crippen LogP contribution in [0, 0.1) is 0 Å². The van der Waals surface area contributed by atoms with Gasteiger partial charge in [0, 0.05) is 41.8 Å². The van der Waals surface area contributed by atoms with Gasteiger partial charge in [0.05, 0.1) is 31.5 Å². The molecule has 0 radical (unpaired) electrons. The molecule has 5 heteroatoms. The smallest absolute Gasteiger partial charge is 0.137 e. The summed E-state index contributed by atoms with van der Waals surface area (Å²) in [6.45, 7) is 0.692. The molecule has 0 fully saturated rings. The molecule has 3 rings (SSSR count). The molecule has 1 N–H and O–H groups in total. The molecule has 0 saturated carbocycles. The van der Waals surface area contributed by atoms with Gasteiger partial charge in [-0.2, -0.15) is 0 Å². The number of pyridine rings is 2. The summed E-state index contributed by atoms with van der Waals surface area (Å²) in [5, 5.41) is 3.31. The highest BCUT2D eigenvalue weighted by Crippen LogP contribution is 2.24. The van der Waals surface area contributed by atoms with Gasteiger partial charge in [-0.1, -0.05) is 0 Å². The number of nitrogens with zero attached hydrogens (tertiary/aromatic N) is 2. The number of furan rings is 1. The summed E-state index contributed by atoms with van der Waals surface area (Å²) in [7, 11) is 1.63. The minimum absolute atomic E-state index is 0.692. The fourth-order valence-electron chi connectivity index (χ4n) is 1.98. The van der Waals surface area contributed by atoms with Gasteiger partial charge in [-0.05, 0) is 18.2 Å². The van der Waals surface area contributed by atoms with Crippen molar-refractivity contribution in [1.29, 1.82) is 0 Å². The summed E-state index contributed by atoms with van der Waals surface area (Å²) < 4.78 is 10.2. The molecule has 3 heterocycles. The van der Waals surface area contributed by atoms with E-state index in [1.54, 1.807) is 44.4 Å². The van der Waals surface area contributed by atoms with Crippen molar-refractivity contribution in [3.63, 3.8) is 0 Å². The molecule has 0 bridgehead atoms. The average Bonchev–Trinajstić information content (AvgIpc) is 3.07. The van der Waals surface area contributed by atoms with E-state index in [-0.39, 0.29) is 0 Å². The highest BCUT2D eigenvalue weighted by atomic mass is 16.5. The molecule has 0 aliphatic carbocycles. The molecule has 3 aromatic rings. The molecule has 0 saturated heterocycles. The Morgan fingerprint density at radius 2 is 1.90 bits per heavy atom. The summed E-state index contributed by atoms with van der Waals surface area (Å²) in [4.78, 5) is 8.42. The van der Waals surface area contributed by atoms with Gasteiger partial charge >= 0.3 is 0 Å². The minimum Gasteiger partial charge on any atom is -0.495 e. The summed E-state index contributed by atoms with van der Waals surface area (Å²) in [5.41, 5.74) is 3.98. The number of hydrogen-bond acceptors (Lipinski definition) is 5. The van der Waals surface area contributed by atoms with Crippen LogP contribution in [0.15, 0.2) is 59.9 Å². The van der Waals surface area contributed by atoms with Crippen LogP contribution in [-0.2, 0) is 6.54 Å². The Morgan fingerprint density at radius 1 is 1.10 bits per heavy atom. The van der Waals surface area contributed by atoms with Crippen molar-refractivity contribution in [2.75, 3.05) is 12.4 Å². The molecule has 21 heavy (non-hydrogen) atoms. The monoisotopic (exact) mass is 281 g/mol. The predicted molar refractivity (Wildman–Crippen MR) is 80.1 cm³/mol. The number of ether oxygens (including phenoxy) is 1. The highest BCUT2D eigenvalue weighted by molar-refractivity contribution is 5.67. The van der Waals surface area contributed by atoms with E-state index in [0.717, 1.165) is 28.1 Å². The molecule has 0 aromatic carbocycles. The second kappa shape index (κ2) is 6.09. The second-order valence-corrected chi connectivity index (χ2v) is 4.56. The Balaban J connectivity index is 1.79. The van der Waals surface area contributed by atoms with Gasteiger partial charge in [0.2, 0.25) is 0 Å². The van der Waals surface area contributed by atoms with E-state index in [4.69, 9.17) is 9.15 Å². The molecule has 106 valence electrons. The van der Waals surface area contributed by atoms with Gasteiger partial charge in [-0.15, -0.1) is 0 Å². The van der Waals surface area contributed by atoms with Gasteiger partial charge < -0.3 is 14.5 Å². The average molecular weight is 281 g/mol. The van der Waals surface area contributed by atoms with E-state index in [1.807, 2.05) is 18.2 Å². The molecule has 0 spiro atoms. The number of rotatable bonds is 5. The lowest BCUT2D eigenvalue weighted by Gasteiger charge is -2.08. The third-order valence-corrected chi connectivity index (χ3v) is 3.10. The van der Waals surface area contributed by atoms with Gasteiger partial charge in [-0.25, -0.2) is 0 Å². The topological polar surface area (TPSA) is 60.2 Å². The van der Waals surface area contributed by atoms with Gasteiger partial charge in [-0.3, -0.25) is 9.97 Å². The number of methoxy groups -OCH3 is 1. The summed E-state index contributed by atoms with van der Waals surface area (Å²) >= 11 is 0. The molecular formula is C16H15N3O2. The number of anilines is 1. The molecule has 0 atom stereocenters. The predicted octanol–water partition coefficient (Wildman–Crippen LogP) is 3.36. The maximum absolute atomic E-state index is 5.19. The highest BCUT2D eigenvalue weighted by Gasteiger charge is 2.03. The summed E-state index contributed by atoms with van der Waals surface area (Å²) in [6.07, 6.45) is 10.4. The van der Waals surface area contributed by atoms with Crippen molar-refractivity contribution in [2.24, 2.45) is 0 Å². The minimum atomic E-state index is 0.692. The van der Waals surface area contributed by atoms with Crippen LogP contribution in [0.2, 0.25) is 0 Å². The van der Waals surface area contributed by atoms with Crippen LogP contribution >= 0.6 is 0 Å². The third kappa shape index (κ3) is 3.20. The third-order valence-electron chi connectivity index (χ3n) is 3.10. The van der Waals surface area contributed by atoms with Crippen molar-refractivity contribution in [2.45, 2.75) is 6.54 Å². The first-order valence-corrected chi connectivity index (χ1v) is 6.54. The van der Waals surface area contributed by atoms with E-state index in [9.17, 15) is 0 Å². The number of nitrogens with one attached hydrogen (secondary N) is 1. The lowest BCUT2D eigenvalue weighted by molar-refractivity contribution is 0.413. The van der Waals surface area contributed by atoms with Gasteiger partial charge in [0.15, 0.2) is 0 Å². The zero-order valence-corrected chi connectivity index (χ0v) is 11.6. The van der Waals surface area contributed by atoms with E-state index in [2.05, 4.69) is 15.3 Å². The molecule has 0 unspecified atom stereocenters. The first-order chi connectivity index (χ1) is 10.3. The first-order valence-electron chi connectivity index (χ1n) is 6.54. The van der Waals surface area contributed by atoms with Crippen LogP contribution in [0.1, 0.15) is 5.56 Å². The normalized spacial score (nSPS) is 10.3. The molecule has 3 aromatic heterocycles. The number of aromatic nitrogens is 2. The summed E-state index contributed by atoms with van der Waals surface area (Å²) in [5.74, 6) is 0.726. The Hall–Kier alpha value is -2.82. The van der Waals surface area contributed by atoms with Crippen molar-refractivity contribution < 1.29 is 9.15 Å². The largest absolute Gasteiger partial charge is 0.495 e. The number of hydrogen-bond donors (Lipinski definition) is 1. The van der Waals surface area contributed by atoms with Crippen LogP contribution in [0.4, 0.5) is 5.69 Å². The summed E-state index contributed by atoms with van der Waals surface area (Å²) in [6, 6.07) is 5.89. The zero-order valence-electron chi connectivity index (χ0n) is 11.6. The molecule has 5 nitrogen and oxygen atoms in total. The second-order valence-electron chi connectivity index (χ2n) is 4.56. The Bertz CT molecular complexity index is 711. The molecule has 0 aliphatic heterocycles. The van der Waals surface area contributed by atoms with E-state index >= 15 is 0 Å². The Labute approximate surface area is 122 Å². The standard InChI is InChI=1S/C16H15N3O2/c1-20-16-5-14(8-18-10-16)13-4-15(9-17-7-13)19-6-12-2-3-21-11-12/h2-5,7-11,19H,6H2,1H3. The van der Waals surface area contributed by atoms with Crippen LogP contribution in [0.25, 0.3) is 11.1 Å². The Kier molecular flexibility index (Phi) is 3.82. The van der Waals surface area contributed by atoms with Crippen molar-refractivity contribution in [1.82, 2.24) is 9.97 Å². The van der Waals surface area contributed by atoms with Gasteiger partial charge in [0.1, 0.15) is 5.75 Å². The van der Waals surface area contributed by atoms with E-state index < -0.39 is 0 Å². The van der Waals surface area contributed by atoms with Crippen LogP contribution in [0.5, 0.6) is 5.75 Å². The quantitative estimate of drug-likeness (QED) is 0.777. The SMILES string of the molecule is COc1cncc(-c2cncc(NCc3ccoc3)c2)c1. The first kappa shape index (κ1) is 13.2. The maximum atomic E-state index is 5.19. The van der Waals surface area contributed by atoms with Crippen molar-refractivity contribution in [3.05, 3.63) is 61.1 Å². The van der Waals surface area contributed by atoms with E-state index in [0.29, 0.717) is 6.54 Å².